The van der Waals surface area contributed by atoms with E-state index in [9.17, 15) is 18.8 Å². The fourth-order valence-electron chi connectivity index (χ4n) is 4.93. The Labute approximate surface area is 233 Å². The Morgan fingerprint density at radius 1 is 1.18 bits per heavy atom. The van der Waals surface area contributed by atoms with E-state index in [0.717, 1.165) is 49.3 Å². The normalized spacial score (nSPS) is 14.2. The van der Waals surface area contributed by atoms with E-state index in [2.05, 4.69) is 26.3 Å². The highest BCUT2D eigenvalue weighted by atomic mass is 19.1. The van der Waals surface area contributed by atoms with Crippen LogP contribution in [0.1, 0.15) is 49.7 Å². The highest BCUT2D eigenvalue weighted by Gasteiger charge is 2.25. The number of rotatable bonds is 8. The summed E-state index contributed by atoms with van der Waals surface area (Å²) in [6.07, 6.45) is 1.66. The van der Waals surface area contributed by atoms with Crippen molar-refractivity contribution in [2.24, 2.45) is 16.8 Å². The Hall–Kier alpha value is -4.32. The Morgan fingerprint density at radius 2 is 1.88 bits per heavy atom. The van der Waals surface area contributed by atoms with E-state index in [-0.39, 0.29) is 35.6 Å². The standard InChI is InChI=1S/C31H33F2N5O2/c1-5-40-31(39)27-17-24(21-6-9-23(10-7-21)38-14-12-20(18-34)13-15-38)28(29(35-4)19(2)3)30(37-27)36-26-11-8-22(32)16-25(26)33/h6-11,16-17,19-20H,5,12-15H2,1-4H3,(H,36,37)/b35-29-. The third-order valence-electron chi connectivity index (χ3n) is 6.95. The van der Waals surface area contributed by atoms with Gasteiger partial charge in [-0.3, -0.25) is 4.99 Å². The third-order valence-corrected chi connectivity index (χ3v) is 6.95. The van der Waals surface area contributed by atoms with Crippen molar-refractivity contribution in [2.75, 3.05) is 37.0 Å². The maximum Gasteiger partial charge on any atom is 0.357 e. The van der Waals surface area contributed by atoms with Crippen molar-refractivity contribution in [1.29, 1.82) is 5.26 Å². The van der Waals surface area contributed by atoms with Crippen LogP contribution in [0.3, 0.4) is 0 Å². The van der Waals surface area contributed by atoms with E-state index in [4.69, 9.17) is 4.74 Å². The summed E-state index contributed by atoms with van der Waals surface area (Å²) in [5.41, 5.74) is 3.89. The van der Waals surface area contributed by atoms with E-state index >= 15 is 0 Å². The van der Waals surface area contributed by atoms with E-state index in [1.165, 1.54) is 6.07 Å². The van der Waals surface area contributed by atoms with Crippen LogP contribution in [0.2, 0.25) is 0 Å². The summed E-state index contributed by atoms with van der Waals surface area (Å²) in [5.74, 6) is -1.83. The zero-order chi connectivity index (χ0) is 28.8. The lowest BCUT2D eigenvalue weighted by molar-refractivity contribution is 0.0519. The van der Waals surface area contributed by atoms with Gasteiger partial charge in [-0.25, -0.2) is 18.6 Å². The van der Waals surface area contributed by atoms with Crippen molar-refractivity contribution in [3.8, 4) is 17.2 Å². The predicted molar refractivity (Wildman–Crippen MR) is 153 cm³/mol. The second-order valence-electron chi connectivity index (χ2n) is 9.95. The van der Waals surface area contributed by atoms with Crippen LogP contribution in [0, 0.1) is 34.8 Å². The predicted octanol–water partition coefficient (Wildman–Crippen LogP) is 6.76. The molecule has 9 heteroatoms. The lowest BCUT2D eigenvalue weighted by atomic mass is 9.91. The number of hydrogen-bond acceptors (Lipinski definition) is 7. The van der Waals surface area contributed by atoms with E-state index in [0.29, 0.717) is 16.8 Å². The number of aromatic nitrogens is 1. The first-order valence-electron chi connectivity index (χ1n) is 13.4. The smallest absolute Gasteiger partial charge is 0.357 e. The van der Waals surface area contributed by atoms with Gasteiger partial charge in [0, 0.05) is 49.1 Å². The molecule has 0 unspecified atom stereocenters. The summed E-state index contributed by atoms with van der Waals surface area (Å²) in [6.45, 7) is 7.46. The average molecular weight is 546 g/mol. The van der Waals surface area contributed by atoms with Crippen LogP contribution >= 0.6 is 0 Å². The number of benzene rings is 2. The molecule has 0 bridgehead atoms. The number of nitriles is 1. The van der Waals surface area contributed by atoms with E-state index < -0.39 is 17.6 Å². The number of carbonyl (C=O) groups excluding carboxylic acids is 1. The molecule has 2 aromatic carbocycles. The Morgan fingerprint density at radius 3 is 2.45 bits per heavy atom. The maximum atomic E-state index is 14.7. The number of piperidine rings is 1. The molecular formula is C31H33F2N5O2. The van der Waals surface area contributed by atoms with Crippen LogP contribution in [0.5, 0.6) is 0 Å². The second kappa shape index (κ2) is 12.7. The SMILES string of the molecule is CCOC(=O)c1cc(-c2ccc(N3CCC(C#N)CC3)cc2)c(/C(=N\C)C(C)C)c(Nc2ccc(F)cc2F)n1. The summed E-state index contributed by atoms with van der Waals surface area (Å²) in [7, 11) is 1.68. The van der Waals surface area contributed by atoms with Crippen molar-refractivity contribution < 1.29 is 18.3 Å². The fraction of sp³-hybridized carbons (Fsp3) is 0.355. The number of pyridine rings is 1. The topological polar surface area (TPSA) is 90.6 Å². The average Bonchev–Trinajstić information content (AvgIpc) is 2.95. The monoisotopic (exact) mass is 545 g/mol. The molecule has 0 atom stereocenters. The molecule has 7 nitrogen and oxygen atoms in total. The van der Waals surface area contributed by atoms with Gasteiger partial charge in [0.2, 0.25) is 0 Å². The van der Waals surface area contributed by atoms with Gasteiger partial charge in [0.15, 0.2) is 5.69 Å². The molecule has 0 amide bonds. The van der Waals surface area contributed by atoms with Crippen molar-refractivity contribution in [3.05, 3.63) is 71.4 Å². The highest BCUT2D eigenvalue weighted by molar-refractivity contribution is 6.12. The number of anilines is 3. The summed E-state index contributed by atoms with van der Waals surface area (Å²) >= 11 is 0. The first-order chi connectivity index (χ1) is 19.2. The highest BCUT2D eigenvalue weighted by Crippen LogP contribution is 2.35. The van der Waals surface area contributed by atoms with Crippen LogP contribution in [-0.2, 0) is 4.74 Å². The van der Waals surface area contributed by atoms with Gasteiger partial charge in [0.1, 0.15) is 17.5 Å². The second-order valence-corrected chi connectivity index (χ2v) is 9.95. The quantitative estimate of drug-likeness (QED) is 0.248. The van der Waals surface area contributed by atoms with Gasteiger partial charge < -0.3 is 15.0 Å². The molecule has 3 aromatic rings. The lowest BCUT2D eigenvalue weighted by Crippen LogP contribution is -2.33. The molecule has 1 N–H and O–H groups in total. The van der Waals surface area contributed by atoms with Gasteiger partial charge in [-0.1, -0.05) is 26.0 Å². The molecule has 0 aliphatic carbocycles. The van der Waals surface area contributed by atoms with Crippen LogP contribution in [0.4, 0.5) is 26.0 Å². The van der Waals surface area contributed by atoms with Gasteiger partial charge in [-0.05, 0) is 67.1 Å². The molecule has 2 heterocycles. The minimum Gasteiger partial charge on any atom is -0.461 e. The largest absolute Gasteiger partial charge is 0.461 e. The fourth-order valence-corrected chi connectivity index (χ4v) is 4.93. The molecule has 1 aliphatic heterocycles. The van der Waals surface area contributed by atoms with Gasteiger partial charge in [-0.2, -0.15) is 5.26 Å². The van der Waals surface area contributed by atoms with Crippen LogP contribution in [0.25, 0.3) is 11.1 Å². The third kappa shape index (κ3) is 6.28. The Balaban J connectivity index is 1.85. The molecule has 208 valence electrons. The molecule has 1 aromatic heterocycles. The number of aliphatic imine (C=N–C) groups is 1. The number of nitrogens with zero attached hydrogens (tertiary/aromatic N) is 4. The zero-order valence-corrected chi connectivity index (χ0v) is 23.2. The summed E-state index contributed by atoms with van der Waals surface area (Å²) in [4.78, 5) is 24.2. The maximum absolute atomic E-state index is 14.7. The first-order valence-corrected chi connectivity index (χ1v) is 13.4. The van der Waals surface area contributed by atoms with Crippen LogP contribution in [0.15, 0.2) is 53.5 Å². The molecule has 1 aliphatic rings. The van der Waals surface area contributed by atoms with Crippen molar-refractivity contribution in [3.63, 3.8) is 0 Å². The van der Waals surface area contributed by atoms with Crippen LogP contribution < -0.4 is 10.2 Å². The van der Waals surface area contributed by atoms with Crippen molar-refractivity contribution >= 4 is 28.9 Å². The number of nitrogens with one attached hydrogen (secondary N) is 1. The molecule has 0 radical (unpaired) electrons. The molecule has 1 fully saturated rings. The molecule has 0 spiro atoms. The van der Waals surface area contributed by atoms with Gasteiger partial charge >= 0.3 is 5.97 Å². The van der Waals surface area contributed by atoms with Gasteiger partial charge in [0.25, 0.3) is 0 Å². The summed E-state index contributed by atoms with van der Waals surface area (Å²) < 4.78 is 33.6. The lowest BCUT2D eigenvalue weighted by Gasteiger charge is -2.31. The minimum absolute atomic E-state index is 0.0115. The van der Waals surface area contributed by atoms with Crippen LogP contribution in [-0.4, -0.2) is 43.4 Å². The van der Waals surface area contributed by atoms with E-state index in [1.807, 2.05) is 38.1 Å². The number of halogens is 2. The van der Waals surface area contributed by atoms with E-state index in [1.54, 1.807) is 20.0 Å². The van der Waals surface area contributed by atoms with Gasteiger partial charge in [0.05, 0.1) is 18.4 Å². The molecule has 4 rings (SSSR count). The van der Waals surface area contributed by atoms with Gasteiger partial charge in [-0.15, -0.1) is 0 Å². The number of ether oxygens (including phenoxy) is 1. The zero-order valence-electron chi connectivity index (χ0n) is 23.2. The molecule has 1 saturated heterocycles. The number of carbonyl (C=O) groups is 1. The summed E-state index contributed by atoms with van der Waals surface area (Å²) in [6, 6.07) is 15.2. The van der Waals surface area contributed by atoms with Crippen molar-refractivity contribution in [2.45, 2.75) is 33.6 Å². The van der Waals surface area contributed by atoms with Crippen molar-refractivity contribution in [1.82, 2.24) is 4.98 Å². The Bertz CT molecular complexity index is 1440. The Kier molecular flexibility index (Phi) is 9.10. The molecule has 40 heavy (non-hydrogen) atoms. The minimum atomic E-state index is -0.792. The number of esters is 1. The number of hydrogen-bond donors (Lipinski definition) is 1. The first kappa shape index (κ1) is 28.7. The summed E-state index contributed by atoms with van der Waals surface area (Å²) in [5, 5.41) is 12.2. The molecule has 0 saturated carbocycles. The molecular weight excluding hydrogens is 512 g/mol.